The number of carbonyl (C=O) groups is 1. The fraction of sp³-hybridized carbons (Fsp3) is 0.333. The van der Waals surface area contributed by atoms with E-state index in [4.69, 9.17) is 9.15 Å². The summed E-state index contributed by atoms with van der Waals surface area (Å²) in [5, 5.41) is 13.3. The summed E-state index contributed by atoms with van der Waals surface area (Å²) in [6, 6.07) is 8.46. The quantitative estimate of drug-likeness (QED) is 0.811. The summed E-state index contributed by atoms with van der Waals surface area (Å²) in [5.74, 6) is -0.560. The van der Waals surface area contributed by atoms with Crippen LogP contribution in [0.2, 0.25) is 0 Å². The largest absolute Gasteiger partial charge is 0.422 e. The third kappa shape index (κ3) is 2.81. The van der Waals surface area contributed by atoms with E-state index in [1.54, 1.807) is 24.3 Å². The van der Waals surface area contributed by atoms with Gasteiger partial charge >= 0.3 is 5.63 Å². The van der Waals surface area contributed by atoms with Crippen molar-refractivity contribution in [3.05, 3.63) is 46.3 Å². The smallest absolute Gasteiger partial charge is 0.349 e. The van der Waals surface area contributed by atoms with Gasteiger partial charge in [0.05, 0.1) is 6.61 Å². The number of fused-ring (bicyclic) bond motifs is 1. The molecule has 0 spiro atoms. The first kappa shape index (κ1) is 13.8. The number of ether oxygens (including phenoxy) is 1. The molecule has 21 heavy (non-hydrogen) atoms. The van der Waals surface area contributed by atoms with Gasteiger partial charge in [-0.15, -0.1) is 0 Å². The number of rotatable bonds is 3. The van der Waals surface area contributed by atoms with Crippen molar-refractivity contribution < 1.29 is 19.1 Å². The Morgan fingerprint density at radius 1 is 1.38 bits per heavy atom. The molecular formula is C15H15NO5. The number of para-hydroxylation sites is 1. The van der Waals surface area contributed by atoms with E-state index in [1.165, 1.54) is 6.07 Å². The fourth-order valence-corrected chi connectivity index (χ4v) is 2.30. The summed E-state index contributed by atoms with van der Waals surface area (Å²) in [7, 11) is 0. The molecule has 0 bridgehead atoms. The minimum atomic E-state index is -1.06. The first-order chi connectivity index (χ1) is 10.1. The van der Waals surface area contributed by atoms with E-state index in [0.29, 0.717) is 24.0 Å². The van der Waals surface area contributed by atoms with Crippen LogP contribution in [0.15, 0.2) is 39.5 Å². The monoisotopic (exact) mass is 289 g/mol. The number of benzene rings is 1. The molecule has 2 aromatic rings. The van der Waals surface area contributed by atoms with E-state index in [2.05, 4.69) is 5.32 Å². The lowest BCUT2D eigenvalue weighted by atomic mass is 10.0. The first-order valence-corrected chi connectivity index (χ1v) is 6.69. The van der Waals surface area contributed by atoms with Crippen LogP contribution in [0.1, 0.15) is 16.8 Å². The van der Waals surface area contributed by atoms with E-state index in [-0.39, 0.29) is 18.7 Å². The molecule has 2 heterocycles. The lowest BCUT2D eigenvalue weighted by Gasteiger charge is -2.20. The normalized spacial score (nSPS) is 21.6. The predicted octanol–water partition coefficient (Wildman–Crippen LogP) is 0.674. The van der Waals surface area contributed by atoms with Crippen molar-refractivity contribution in [1.82, 2.24) is 5.32 Å². The highest BCUT2D eigenvalue weighted by Crippen LogP contribution is 2.17. The van der Waals surface area contributed by atoms with E-state index in [0.717, 1.165) is 0 Å². The number of aliphatic hydroxyl groups is 1. The predicted molar refractivity (Wildman–Crippen MR) is 75.2 cm³/mol. The molecule has 110 valence electrons. The maximum absolute atomic E-state index is 12.1. The Morgan fingerprint density at radius 3 is 2.95 bits per heavy atom. The van der Waals surface area contributed by atoms with Crippen LogP contribution in [0.25, 0.3) is 11.0 Å². The van der Waals surface area contributed by atoms with Crippen molar-refractivity contribution in [2.75, 3.05) is 19.8 Å². The Hall–Kier alpha value is -2.18. The number of hydrogen-bond acceptors (Lipinski definition) is 5. The zero-order valence-electron chi connectivity index (χ0n) is 11.3. The van der Waals surface area contributed by atoms with Crippen LogP contribution < -0.4 is 10.9 Å². The summed E-state index contributed by atoms with van der Waals surface area (Å²) < 4.78 is 10.2. The molecule has 0 saturated carbocycles. The molecule has 1 aliphatic heterocycles. The van der Waals surface area contributed by atoms with Crippen molar-refractivity contribution in [2.45, 2.75) is 12.0 Å². The van der Waals surface area contributed by atoms with Crippen LogP contribution >= 0.6 is 0 Å². The number of amides is 1. The summed E-state index contributed by atoms with van der Waals surface area (Å²) >= 11 is 0. The van der Waals surface area contributed by atoms with Crippen LogP contribution in [-0.2, 0) is 4.74 Å². The van der Waals surface area contributed by atoms with Crippen LogP contribution in [0, 0.1) is 0 Å². The van der Waals surface area contributed by atoms with Gasteiger partial charge in [0.2, 0.25) is 0 Å². The third-order valence-electron chi connectivity index (χ3n) is 3.55. The standard InChI is InChI=1S/C15H15NO5/c17-13(16-8-15(19)5-6-20-9-15)11-7-10-3-1-2-4-12(10)21-14(11)18/h1-4,7,19H,5-6,8-9H2,(H,16,17). The second-order valence-electron chi connectivity index (χ2n) is 5.19. The van der Waals surface area contributed by atoms with Gasteiger partial charge in [-0.05, 0) is 12.1 Å². The Labute approximate surface area is 120 Å². The van der Waals surface area contributed by atoms with Crippen molar-refractivity contribution in [2.24, 2.45) is 0 Å². The van der Waals surface area contributed by atoms with Gasteiger partial charge < -0.3 is 19.6 Å². The molecule has 1 saturated heterocycles. The van der Waals surface area contributed by atoms with Crippen LogP contribution in [0.4, 0.5) is 0 Å². The van der Waals surface area contributed by atoms with Gasteiger partial charge in [-0.3, -0.25) is 4.79 Å². The molecular weight excluding hydrogens is 274 g/mol. The molecule has 1 fully saturated rings. The van der Waals surface area contributed by atoms with Crippen LogP contribution in [0.5, 0.6) is 0 Å². The topological polar surface area (TPSA) is 88.8 Å². The number of hydrogen-bond donors (Lipinski definition) is 2. The van der Waals surface area contributed by atoms with E-state index in [9.17, 15) is 14.7 Å². The summed E-state index contributed by atoms with van der Waals surface area (Å²) in [6.45, 7) is 0.683. The van der Waals surface area contributed by atoms with Crippen molar-refractivity contribution in [3.63, 3.8) is 0 Å². The first-order valence-electron chi connectivity index (χ1n) is 6.69. The maximum atomic E-state index is 12.1. The van der Waals surface area contributed by atoms with Crippen molar-refractivity contribution in [1.29, 1.82) is 0 Å². The molecule has 1 aromatic carbocycles. The Kier molecular flexibility index (Phi) is 3.48. The average molecular weight is 289 g/mol. The second kappa shape index (κ2) is 5.31. The highest BCUT2D eigenvalue weighted by Gasteiger charge is 2.32. The number of nitrogens with one attached hydrogen (secondary N) is 1. The second-order valence-corrected chi connectivity index (χ2v) is 5.19. The zero-order chi connectivity index (χ0) is 14.9. The highest BCUT2D eigenvalue weighted by atomic mass is 16.5. The van der Waals surface area contributed by atoms with Gasteiger partial charge in [0.1, 0.15) is 16.7 Å². The molecule has 1 aliphatic rings. The fourth-order valence-electron chi connectivity index (χ4n) is 2.30. The molecule has 1 unspecified atom stereocenters. The average Bonchev–Trinajstić information content (AvgIpc) is 2.91. The van der Waals surface area contributed by atoms with Crippen LogP contribution in [0.3, 0.4) is 0 Å². The van der Waals surface area contributed by atoms with Crippen LogP contribution in [-0.4, -0.2) is 36.4 Å². The van der Waals surface area contributed by atoms with Gasteiger partial charge in [-0.1, -0.05) is 18.2 Å². The van der Waals surface area contributed by atoms with Gasteiger partial charge in [0.15, 0.2) is 0 Å². The molecule has 6 heteroatoms. The zero-order valence-corrected chi connectivity index (χ0v) is 11.3. The maximum Gasteiger partial charge on any atom is 0.349 e. The molecule has 3 rings (SSSR count). The Bertz CT molecular complexity index is 730. The third-order valence-corrected chi connectivity index (χ3v) is 3.55. The lowest BCUT2D eigenvalue weighted by Crippen LogP contribution is -2.44. The molecule has 1 amide bonds. The summed E-state index contributed by atoms with van der Waals surface area (Å²) in [5.41, 5.74) is -1.40. The van der Waals surface area contributed by atoms with Gasteiger partial charge in [0.25, 0.3) is 5.91 Å². The molecule has 6 nitrogen and oxygen atoms in total. The van der Waals surface area contributed by atoms with E-state index >= 15 is 0 Å². The minimum absolute atomic E-state index is 0.0398. The molecule has 0 radical (unpaired) electrons. The van der Waals surface area contributed by atoms with E-state index < -0.39 is 17.1 Å². The van der Waals surface area contributed by atoms with Gasteiger partial charge in [-0.25, -0.2) is 4.79 Å². The van der Waals surface area contributed by atoms with Crippen molar-refractivity contribution >= 4 is 16.9 Å². The number of carbonyl (C=O) groups excluding carboxylic acids is 1. The highest BCUT2D eigenvalue weighted by molar-refractivity contribution is 5.96. The van der Waals surface area contributed by atoms with E-state index in [1.807, 2.05) is 0 Å². The Balaban J connectivity index is 1.81. The summed E-state index contributed by atoms with van der Waals surface area (Å²) in [4.78, 5) is 23.9. The van der Waals surface area contributed by atoms with Gasteiger partial charge in [0, 0.05) is 25.0 Å². The molecule has 0 aliphatic carbocycles. The summed E-state index contributed by atoms with van der Waals surface area (Å²) in [6.07, 6.45) is 0.458. The molecule has 1 atom stereocenters. The van der Waals surface area contributed by atoms with Gasteiger partial charge in [-0.2, -0.15) is 0 Å². The molecule has 1 aromatic heterocycles. The molecule has 2 N–H and O–H groups in total. The van der Waals surface area contributed by atoms with Crippen molar-refractivity contribution in [3.8, 4) is 0 Å². The SMILES string of the molecule is O=C(NCC1(O)CCOC1)c1cc2ccccc2oc1=O. The Morgan fingerprint density at radius 2 is 2.19 bits per heavy atom. The lowest BCUT2D eigenvalue weighted by molar-refractivity contribution is 0.0264. The minimum Gasteiger partial charge on any atom is -0.422 e.